The van der Waals surface area contributed by atoms with E-state index in [1.165, 1.54) is 55.3 Å². The topological polar surface area (TPSA) is 4.93 Å². The van der Waals surface area contributed by atoms with Gasteiger partial charge in [-0.2, -0.15) is 0 Å². The van der Waals surface area contributed by atoms with Gasteiger partial charge in [-0.3, -0.25) is 0 Å². The molecular formula is C38H24Cl3N. The molecule has 6 aromatic rings. The second kappa shape index (κ2) is 9.12. The number of rotatable bonds is 2. The number of halogens is 3. The van der Waals surface area contributed by atoms with Crippen LogP contribution in [0, 0.1) is 11.8 Å². The van der Waals surface area contributed by atoms with Crippen LogP contribution in [0.3, 0.4) is 0 Å². The Morgan fingerprint density at radius 1 is 0.548 bits per heavy atom. The van der Waals surface area contributed by atoms with Crippen molar-refractivity contribution >= 4 is 56.6 Å². The third-order valence-corrected chi connectivity index (χ3v) is 10.9. The van der Waals surface area contributed by atoms with Gasteiger partial charge in [-0.05, 0) is 75.5 Å². The average molecular weight is 601 g/mol. The molecule has 4 aliphatic rings. The Balaban J connectivity index is 1.36. The first-order chi connectivity index (χ1) is 20.6. The number of nitrogens with zero attached hydrogens (tertiary/aromatic N) is 1. The predicted molar refractivity (Wildman–Crippen MR) is 177 cm³/mol. The molecule has 4 aliphatic carbocycles. The molecule has 202 valence electrons. The highest BCUT2D eigenvalue weighted by molar-refractivity contribution is 6.48. The molecule has 4 unspecified atom stereocenters. The normalized spacial score (nSPS) is 21.5. The molecule has 2 bridgehead atoms. The van der Waals surface area contributed by atoms with E-state index in [1.807, 2.05) is 12.1 Å². The minimum absolute atomic E-state index is 0.198. The molecule has 0 aliphatic heterocycles. The SMILES string of the molecule is Clc1cc(-c2cccc3c2C2c4cccc(-n5c6ccccc6c6ccccc65)c4C3C3C=CC=CC23)cc(Cl)c1Cl. The van der Waals surface area contributed by atoms with Crippen molar-refractivity contribution in [1.29, 1.82) is 0 Å². The number of aromatic nitrogens is 1. The third-order valence-electron chi connectivity index (χ3n) is 9.66. The van der Waals surface area contributed by atoms with E-state index in [0.717, 1.165) is 5.56 Å². The summed E-state index contributed by atoms with van der Waals surface area (Å²) in [6.07, 6.45) is 9.29. The summed E-state index contributed by atoms with van der Waals surface area (Å²) in [6, 6.07) is 35.1. The minimum atomic E-state index is 0.198. The van der Waals surface area contributed by atoms with Crippen LogP contribution in [0.25, 0.3) is 38.6 Å². The van der Waals surface area contributed by atoms with Gasteiger partial charge in [0.2, 0.25) is 0 Å². The zero-order valence-corrected chi connectivity index (χ0v) is 24.7. The molecule has 0 N–H and O–H groups in total. The summed E-state index contributed by atoms with van der Waals surface area (Å²) in [4.78, 5) is 0. The van der Waals surface area contributed by atoms with E-state index in [1.54, 1.807) is 0 Å². The van der Waals surface area contributed by atoms with Crippen LogP contribution in [0.4, 0.5) is 0 Å². The summed E-state index contributed by atoms with van der Waals surface area (Å²) in [5.74, 6) is 1.15. The molecule has 1 nitrogen and oxygen atoms in total. The largest absolute Gasteiger partial charge is 0.309 e. The van der Waals surface area contributed by atoms with Crippen molar-refractivity contribution in [3.05, 3.63) is 159 Å². The lowest BCUT2D eigenvalue weighted by molar-refractivity contribution is 0.331. The van der Waals surface area contributed by atoms with E-state index in [2.05, 4.69) is 114 Å². The van der Waals surface area contributed by atoms with Crippen molar-refractivity contribution in [2.75, 3.05) is 0 Å². The van der Waals surface area contributed by atoms with E-state index in [0.29, 0.717) is 26.9 Å². The molecule has 1 heterocycles. The summed E-state index contributed by atoms with van der Waals surface area (Å²) in [6.45, 7) is 0. The number of fused-ring (bicyclic) bond motifs is 3. The first kappa shape index (κ1) is 24.8. The molecule has 0 saturated heterocycles. The maximum absolute atomic E-state index is 6.56. The van der Waals surface area contributed by atoms with E-state index >= 15 is 0 Å². The third kappa shape index (κ3) is 3.28. The Labute approximate surface area is 259 Å². The van der Waals surface area contributed by atoms with Crippen LogP contribution in [0.5, 0.6) is 0 Å². The monoisotopic (exact) mass is 599 g/mol. The molecule has 4 atom stereocenters. The van der Waals surface area contributed by atoms with Crippen LogP contribution < -0.4 is 0 Å². The van der Waals surface area contributed by atoms with E-state index in [-0.39, 0.29) is 11.8 Å². The quantitative estimate of drug-likeness (QED) is 0.174. The van der Waals surface area contributed by atoms with Gasteiger partial charge in [0.1, 0.15) is 0 Å². The molecule has 0 amide bonds. The Morgan fingerprint density at radius 3 is 1.74 bits per heavy atom. The van der Waals surface area contributed by atoms with Crippen LogP contribution in [0.2, 0.25) is 15.1 Å². The van der Waals surface area contributed by atoms with Crippen molar-refractivity contribution in [2.24, 2.45) is 11.8 Å². The van der Waals surface area contributed by atoms with Crippen LogP contribution in [-0.2, 0) is 0 Å². The molecule has 0 spiro atoms. The first-order valence-electron chi connectivity index (χ1n) is 14.4. The second-order valence-corrected chi connectivity index (χ2v) is 12.8. The summed E-state index contributed by atoms with van der Waals surface area (Å²) in [5.41, 5.74) is 11.6. The number of benzene rings is 5. The maximum atomic E-state index is 6.56. The van der Waals surface area contributed by atoms with Crippen LogP contribution in [0.15, 0.2) is 121 Å². The fraction of sp³-hybridized carbons (Fsp3) is 0.105. The Hall–Kier alpha value is -3.75. The Bertz CT molecular complexity index is 2090. The smallest absolute Gasteiger partial charge is 0.0778 e. The second-order valence-electron chi connectivity index (χ2n) is 11.6. The van der Waals surface area contributed by atoms with Crippen molar-refractivity contribution in [2.45, 2.75) is 11.8 Å². The standard InChI is InChI=1S/C38H24Cl3N/c39-29-19-21(20-30(40)38(29)41)22-13-7-14-27-34(22)35-25-11-1-2-12-26(25)36(27)37-28(35)15-8-18-33(37)42-31-16-5-3-9-23(31)24-10-4-6-17-32(24)42/h1-20,25-26,35-36H. The number of hydrogen-bond acceptors (Lipinski definition) is 0. The molecule has 0 saturated carbocycles. The number of para-hydroxylation sites is 2. The van der Waals surface area contributed by atoms with Crippen LogP contribution >= 0.6 is 34.8 Å². The van der Waals surface area contributed by atoms with Crippen LogP contribution in [0.1, 0.15) is 34.1 Å². The maximum Gasteiger partial charge on any atom is 0.0778 e. The average Bonchev–Trinajstić information content (AvgIpc) is 3.37. The van der Waals surface area contributed by atoms with Gasteiger partial charge in [0, 0.05) is 22.6 Å². The molecule has 4 heteroatoms. The zero-order valence-electron chi connectivity index (χ0n) is 22.4. The van der Waals surface area contributed by atoms with Gasteiger partial charge in [0.05, 0.1) is 31.8 Å². The van der Waals surface area contributed by atoms with Gasteiger partial charge in [0.15, 0.2) is 0 Å². The van der Waals surface area contributed by atoms with Crippen molar-refractivity contribution in [1.82, 2.24) is 4.57 Å². The van der Waals surface area contributed by atoms with Gasteiger partial charge >= 0.3 is 0 Å². The van der Waals surface area contributed by atoms with Crippen molar-refractivity contribution in [3.8, 4) is 16.8 Å². The fourth-order valence-corrected chi connectivity index (χ4v) is 8.74. The molecule has 1 aromatic heterocycles. The van der Waals surface area contributed by atoms with Gasteiger partial charge < -0.3 is 4.57 Å². The molecule has 0 radical (unpaired) electrons. The van der Waals surface area contributed by atoms with Gasteiger partial charge in [0.25, 0.3) is 0 Å². The lowest BCUT2D eigenvalue weighted by atomic mass is 9.52. The molecule has 0 fully saturated rings. The van der Waals surface area contributed by atoms with E-state index < -0.39 is 0 Å². The van der Waals surface area contributed by atoms with Gasteiger partial charge in [-0.15, -0.1) is 0 Å². The van der Waals surface area contributed by atoms with Crippen molar-refractivity contribution in [3.63, 3.8) is 0 Å². The highest BCUT2D eigenvalue weighted by Crippen LogP contribution is 2.62. The predicted octanol–water partition coefficient (Wildman–Crippen LogP) is 11.4. The fourth-order valence-electron chi connectivity index (χ4n) is 8.14. The van der Waals surface area contributed by atoms with Gasteiger partial charge in [-0.1, -0.05) is 126 Å². The van der Waals surface area contributed by atoms with E-state index in [4.69, 9.17) is 34.8 Å². The summed E-state index contributed by atoms with van der Waals surface area (Å²) < 4.78 is 2.49. The summed E-state index contributed by atoms with van der Waals surface area (Å²) in [5, 5.41) is 3.92. The first-order valence-corrected chi connectivity index (χ1v) is 15.5. The number of allylic oxidation sites excluding steroid dienone is 4. The number of hydrogen-bond donors (Lipinski definition) is 0. The lowest BCUT2D eigenvalue weighted by Gasteiger charge is -2.51. The lowest BCUT2D eigenvalue weighted by Crippen LogP contribution is -2.40. The highest BCUT2D eigenvalue weighted by Gasteiger charge is 2.50. The minimum Gasteiger partial charge on any atom is -0.309 e. The zero-order chi connectivity index (χ0) is 28.1. The molecule has 5 aromatic carbocycles. The molecule has 42 heavy (non-hydrogen) atoms. The van der Waals surface area contributed by atoms with Crippen LogP contribution in [-0.4, -0.2) is 4.57 Å². The molecular weight excluding hydrogens is 577 g/mol. The Morgan fingerprint density at radius 2 is 1.10 bits per heavy atom. The van der Waals surface area contributed by atoms with Crippen molar-refractivity contribution < 1.29 is 0 Å². The molecule has 10 rings (SSSR count). The highest BCUT2D eigenvalue weighted by atomic mass is 35.5. The Kier molecular flexibility index (Phi) is 5.39. The summed E-state index contributed by atoms with van der Waals surface area (Å²) >= 11 is 19.5. The van der Waals surface area contributed by atoms with Gasteiger partial charge in [-0.25, -0.2) is 0 Å². The van der Waals surface area contributed by atoms with E-state index in [9.17, 15) is 0 Å². The summed E-state index contributed by atoms with van der Waals surface area (Å²) in [7, 11) is 0.